The van der Waals surface area contributed by atoms with Crippen molar-refractivity contribution in [2.45, 2.75) is 78.2 Å². The highest BCUT2D eigenvalue weighted by atomic mass is 32.1. The van der Waals surface area contributed by atoms with Crippen molar-refractivity contribution in [3.8, 4) is 0 Å². The van der Waals surface area contributed by atoms with Crippen molar-refractivity contribution in [1.82, 2.24) is 24.9 Å². The number of nitrogens with one attached hydrogen (secondary N) is 3. The summed E-state index contributed by atoms with van der Waals surface area (Å²) in [5.74, 6) is 6.15. The van der Waals surface area contributed by atoms with Crippen molar-refractivity contribution in [3.05, 3.63) is 147 Å². The molecule has 0 aliphatic carbocycles. The molecule has 5 aromatic rings. The number of aryl methyl sites for hydroxylation is 3. The number of benzene rings is 4. The Balaban J connectivity index is 0.000000229. The summed E-state index contributed by atoms with van der Waals surface area (Å²) in [5.41, 5.74) is 17.9. The minimum absolute atomic E-state index is 0.0851. The second-order valence-corrected chi connectivity index (χ2v) is 19.1. The van der Waals surface area contributed by atoms with Crippen LogP contribution in [-0.2, 0) is 32.4 Å². The quantitative estimate of drug-likeness (QED) is 0.0397. The number of carbonyl (C=O) groups is 2. The Labute approximate surface area is 428 Å². The predicted molar refractivity (Wildman–Crippen MR) is 280 cm³/mol. The molecule has 3 aliphatic heterocycles. The number of hydrazine groups is 1. The van der Waals surface area contributed by atoms with Gasteiger partial charge in [-0.25, -0.2) is 5.84 Å². The SMILES string of the molecule is Cc1ccc(C(=O)Nc2cc(CN3CCCC3)cc(C(F)(F)F)c2)cc1N(N)/C=C(\N)c1cnn(C)c1C.Cc1ccc2cc1C(C)C1CCN(CCNCCc3cc(cc(C(F)(F)F)c3)NC2=O)C1.NC=S. The smallest absolute Gasteiger partial charge is 0.397 e. The molecular weight excluding hydrogens is 969 g/mol. The van der Waals surface area contributed by atoms with E-state index < -0.39 is 29.4 Å². The van der Waals surface area contributed by atoms with Gasteiger partial charge in [0.05, 0.1) is 34.2 Å². The van der Waals surface area contributed by atoms with Crippen LogP contribution in [0.25, 0.3) is 5.70 Å². The molecule has 73 heavy (non-hydrogen) atoms. The van der Waals surface area contributed by atoms with Gasteiger partial charge in [0.1, 0.15) is 0 Å². The number of likely N-dealkylation sites (tertiary alicyclic amines) is 1. The summed E-state index contributed by atoms with van der Waals surface area (Å²) in [4.78, 5) is 30.6. The number of rotatable bonds is 7. The number of aromatic nitrogens is 2. The largest absolute Gasteiger partial charge is 0.416 e. The van der Waals surface area contributed by atoms with E-state index in [-0.39, 0.29) is 22.8 Å². The lowest BCUT2D eigenvalue weighted by Crippen LogP contribution is -2.32. The maximum Gasteiger partial charge on any atom is 0.416 e. The summed E-state index contributed by atoms with van der Waals surface area (Å²) in [6.45, 7) is 14.4. The number of alkyl halides is 6. The Morgan fingerprint density at radius 2 is 1.59 bits per heavy atom. The summed E-state index contributed by atoms with van der Waals surface area (Å²) in [7, 11) is 1.80. The van der Waals surface area contributed by atoms with E-state index in [1.807, 2.05) is 32.9 Å². The number of anilines is 3. The monoisotopic (exact) mass is 1030 g/mol. The van der Waals surface area contributed by atoms with Crippen molar-refractivity contribution < 1.29 is 35.9 Å². The first-order chi connectivity index (χ1) is 34.5. The summed E-state index contributed by atoms with van der Waals surface area (Å²) in [6.07, 6.45) is -2.19. The van der Waals surface area contributed by atoms with Gasteiger partial charge < -0.3 is 32.3 Å². The molecule has 0 radical (unpaired) electrons. The zero-order valence-corrected chi connectivity index (χ0v) is 42.6. The van der Waals surface area contributed by atoms with Gasteiger partial charge in [0, 0.05) is 73.2 Å². The summed E-state index contributed by atoms with van der Waals surface area (Å²) in [6, 6.07) is 18.0. The molecule has 4 heterocycles. The van der Waals surface area contributed by atoms with Crippen LogP contribution in [0.1, 0.15) is 103 Å². The predicted octanol–water partition coefficient (Wildman–Crippen LogP) is 9.28. The number of nitrogens with two attached hydrogens (primary N) is 3. The molecule has 392 valence electrons. The molecule has 0 saturated carbocycles. The van der Waals surface area contributed by atoms with Crippen LogP contribution in [0.2, 0.25) is 0 Å². The van der Waals surface area contributed by atoms with E-state index >= 15 is 0 Å². The van der Waals surface area contributed by atoms with Gasteiger partial charge >= 0.3 is 12.4 Å². The Kier molecular flexibility index (Phi) is 18.9. The van der Waals surface area contributed by atoms with Gasteiger partial charge in [-0.1, -0.05) is 31.3 Å². The summed E-state index contributed by atoms with van der Waals surface area (Å²) in [5, 5.41) is 14.2. The van der Waals surface area contributed by atoms with Crippen LogP contribution in [0.4, 0.5) is 43.4 Å². The second kappa shape index (κ2) is 24.6. The van der Waals surface area contributed by atoms with Crippen LogP contribution in [0.3, 0.4) is 0 Å². The Morgan fingerprint density at radius 1 is 0.904 bits per heavy atom. The van der Waals surface area contributed by atoms with Crippen LogP contribution in [0.15, 0.2) is 85.2 Å². The molecule has 3 unspecified atom stereocenters. The molecule has 3 atom stereocenters. The lowest BCUT2D eigenvalue weighted by atomic mass is 9.84. The van der Waals surface area contributed by atoms with Crippen LogP contribution in [0, 0.1) is 26.7 Å². The van der Waals surface area contributed by atoms with Crippen molar-refractivity contribution in [3.63, 3.8) is 0 Å². The number of hydrogen-bond donors (Lipinski definition) is 6. The highest BCUT2D eigenvalue weighted by Gasteiger charge is 2.33. The van der Waals surface area contributed by atoms with Gasteiger partial charge in [-0.15, -0.1) is 0 Å². The van der Waals surface area contributed by atoms with Gasteiger partial charge in [-0.2, -0.15) is 31.4 Å². The number of halogens is 6. The molecule has 13 nitrogen and oxygen atoms in total. The van der Waals surface area contributed by atoms with Crippen molar-refractivity contribution in [2.24, 2.45) is 30.3 Å². The molecule has 4 aromatic carbocycles. The highest BCUT2D eigenvalue weighted by molar-refractivity contribution is 7.78. The topological polar surface area (TPSA) is 176 Å². The zero-order chi connectivity index (χ0) is 53.2. The van der Waals surface area contributed by atoms with Crippen LogP contribution in [0.5, 0.6) is 0 Å². The molecule has 8 rings (SSSR count). The zero-order valence-electron chi connectivity index (χ0n) is 41.8. The van der Waals surface area contributed by atoms with E-state index in [1.54, 1.807) is 54.3 Å². The van der Waals surface area contributed by atoms with E-state index in [0.717, 1.165) is 110 Å². The second-order valence-electron chi connectivity index (χ2n) is 18.8. The third-order valence-electron chi connectivity index (χ3n) is 13.6. The first kappa shape index (κ1) is 56.0. The number of amides is 2. The minimum atomic E-state index is -4.53. The normalized spacial score (nSPS) is 18.6. The standard InChI is InChI=1S/C27H32F3N7O.C25H30F3N3O.CH3NS/c1-17-6-7-20(12-25(17)37(32)16-24(31)23-14-33-35(3)18(23)2)26(38)34-22-11-19(15-36-8-4-5-9-36)10-21(13-22)27(28,29)30;1-16-3-4-19-13-23(16)17(2)20-6-9-31(15-20)10-8-29-7-5-18-11-21(25(26,27)28)14-22(12-18)30-24(19)32;2-1-3/h6-7,10-14,16H,4-5,8-9,15,31-32H2,1-3H3,(H,34,38);3-4,11-14,17,20,29H,5-10,15H2,1-2H3,(H,30,32);1H,(H2,2,3)/b24-16-;;. The lowest BCUT2D eigenvalue weighted by Gasteiger charge is -2.23. The average molecular weight is 1030 g/mol. The fourth-order valence-electron chi connectivity index (χ4n) is 9.39. The van der Waals surface area contributed by atoms with Crippen molar-refractivity contribution in [2.75, 3.05) is 61.5 Å². The maximum absolute atomic E-state index is 13.6. The number of fused-ring (bicyclic) bond motifs is 6. The number of hydrogen-bond acceptors (Lipinski definition) is 10. The van der Waals surface area contributed by atoms with Crippen LogP contribution < -0.4 is 38.3 Å². The van der Waals surface area contributed by atoms with E-state index in [1.165, 1.54) is 17.3 Å². The van der Waals surface area contributed by atoms with E-state index in [9.17, 15) is 35.9 Å². The van der Waals surface area contributed by atoms with Gasteiger partial charge in [-0.3, -0.25) is 24.2 Å². The number of carbonyl (C=O) groups excluding carboxylic acids is 2. The van der Waals surface area contributed by atoms with Crippen molar-refractivity contribution in [1.29, 1.82) is 0 Å². The fraction of sp³-hybridized carbons (Fsp3) is 0.396. The van der Waals surface area contributed by atoms with Crippen LogP contribution in [-0.4, -0.2) is 82.7 Å². The van der Waals surface area contributed by atoms with E-state index in [4.69, 9.17) is 11.6 Å². The highest BCUT2D eigenvalue weighted by Crippen LogP contribution is 2.36. The van der Waals surface area contributed by atoms with Gasteiger partial charge in [0.15, 0.2) is 0 Å². The molecule has 2 amide bonds. The molecule has 20 heteroatoms. The fourth-order valence-corrected chi connectivity index (χ4v) is 9.39. The third kappa shape index (κ3) is 15.1. The Hall–Kier alpha value is -6.32. The summed E-state index contributed by atoms with van der Waals surface area (Å²) < 4.78 is 82.8. The lowest BCUT2D eigenvalue weighted by molar-refractivity contribution is -0.138. The van der Waals surface area contributed by atoms with Gasteiger partial charge in [-0.05, 0) is 173 Å². The Bertz CT molecular complexity index is 2770. The third-order valence-corrected chi connectivity index (χ3v) is 13.6. The molecule has 0 spiro atoms. The molecule has 1 aromatic heterocycles. The molecule has 6 bridgehead atoms. The van der Waals surface area contributed by atoms with Crippen LogP contribution >= 0.6 is 12.2 Å². The molecule has 9 N–H and O–H groups in total. The van der Waals surface area contributed by atoms with Gasteiger partial charge in [0.25, 0.3) is 11.8 Å². The van der Waals surface area contributed by atoms with Crippen molar-refractivity contribution >= 4 is 52.3 Å². The Morgan fingerprint density at radius 3 is 2.26 bits per heavy atom. The maximum atomic E-state index is 13.6. The molecule has 2 fully saturated rings. The summed E-state index contributed by atoms with van der Waals surface area (Å²) >= 11 is 4.05. The first-order valence-electron chi connectivity index (χ1n) is 24.1. The number of nitrogens with zero attached hydrogens (tertiary/aromatic N) is 5. The molecule has 2 saturated heterocycles. The number of thiocarbonyl (C=S) groups is 1. The first-order valence-corrected chi connectivity index (χ1v) is 24.6. The molecule has 3 aliphatic rings. The average Bonchev–Trinajstić information content (AvgIpc) is 4.11. The van der Waals surface area contributed by atoms with E-state index in [2.05, 4.69) is 55.7 Å². The minimum Gasteiger partial charge on any atom is -0.397 e. The molecular formula is C53H65F6N11O2S. The van der Waals surface area contributed by atoms with E-state index in [0.29, 0.717) is 59.4 Å². The van der Waals surface area contributed by atoms with Gasteiger partial charge in [0.2, 0.25) is 0 Å².